The van der Waals surface area contributed by atoms with Crippen molar-refractivity contribution in [1.82, 2.24) is 19.2 Å². The highest BCUT2D eigenvalue weighted by Crippen LogP contribution is 2.28. The fourth-order valence-electron chi connectivity index (χ4n) is 3.43. The lowest BCUT2D eigenvalue weighted by Gasteiger charge is -2.14. The van der Waals surface area contributed by atoms with Crippen molar-refractivity contribution >= 4 is 61.1 Å². The molecule has 11 nitrogen and oxygen atoms in total. The highest BCUT2D eigenvalue weighted by Gasteiger charge is 2.20. The molecule has 2 amide bonds. The number of nitrogens with one attached hydrogen (secondary N) is 3. The van der Waals surface area contributed by atoms with Gasteiger partial charge in [-0.2, -0.15) is 0 Å². The average molecular weight is 563 g/mol. The monoisotopic (exact) mass is 562 g/mol. The van der Waals surface area contributed by atoms with Gasteiger partial charge in [0.2, 0.25) is 5.88 Å². The first-order valence-electron chi connectivity index (χ1n) is 10.9. The Bertz CT molecular complexity index is 1620. The first kappa shape index (κ1) is 26.4. The van der Waals surface area contributed by atoms with E-state index in [-0.39, 0.29) is 25.9 Å². The summed E-state index contributed by atoms with van der Waals surface area (Å²) < 4.78 is 27.6. The number of nitrogens with zero attached hydrogens (tertiary/aromatic N) is 3. The van der Waals surface area contributed by atoms with E-state index in [9.17, 15) is 23.1 Å². The van der Waals surface area contributed by atoms with E-state index in [4.69, 9.17) is 11.6 Å². The first-order chi connectivity index (χ1) is 17.5. The Morgan fingerprint density at radius 3 is 2.54 bits per heavy atom. The maximum atomic E-state index is 12.8. The number of likely N-dealkylation sites (N-methyl/N-ethyl adjacent to an activating group) is 1. The van der Waals surface area contributed by atoms with Crippen LogP contribution in [0.5, 0.6) is 5.88 Å². The fraction of sp³-hybridized carbons (Fsp3) is 0.174. The van der Waals surface area contributed by atoms with Gasteiger partial charge in [-0.15, -0.1) is 11.3 Å². The number of aromatic nitrogens is 2. The van der Waals surface area contributed by atoms with Gasteiger partial charge in [0.15, 0.2) is 0 Å². The number of benzene rings is 1. The van der Waals surface area contributed by atoms with E-state index in [0.29, 0.717) is 10.8 Å². The summed E-state index contributed by atoms with van der Waals surface area (Å²) in [5.74, 6) is -0.168. The average Bonchev–Trinajstić information content (AvgIpc) is 3.27. The summed E-state index contributed by atoms with van der Waals surface area (Å²) in [5, 5.41) is 17.5. The molecule has 4 aromatic rings. The molecule has 4 rings (SSSR count). The molecule has 37 heavy (non-hydrogen) atoms. The van der Waals surface area contributed by atoms with Gasteiger partial charge in [-0.05, 0) is 61.9 Å². The molecule has 0 spiro atoms. The van der Waals surface area contributed by atoms with Crippen molar-refractivity contribution in [2.24, 2.45) is 0 Å². The van der Waals surface area contributed by atoms with Gasteiger partial charge in [0.05, 0.1) is 16.2 Å². The van der Waals surface area contributed by atoms with Gasteiger partial charge < -0.3 is 20.6 Å². The van der Waals surface area contributed by atoms with Gasteiger partial charge in [-0.1, -0.05) is 11.6 Å². The molecule has 14 heteroatoms. The van der Waals surface area contributed by atoms with Crippen molar-refractivity contribution in [3.8, 4) is 11.7 Å². The van der Waals surface area contributed by atoms with Crippen molar-refractivity contribution in [1.29, 1.82) is 0 Å². The Morgan fingerprint density at radius 2 is 1.89 bits per heavy atom. The van der Waals surface area contributed by atoms with Crippen molar-refractivity contribution < 1.29 is 18.3 Å². The van der Waals surface area contributed by atoms with Gasteiger partial charge >= 0.3 is 6.03 Å². The smallest absolute Gasteiger partial charge is 0.333 e. The van der Waals surface area contributed by atoms with Gasteiger partial charge in [-0.25, -0.2) is 27.5 Å². The van der Waals surface area contributed by atoms with Crippen LogP contribution in [0.3, 0.4) is 0 Å². The van der Waals surface area contributed by atoms with Gasteiger partial charge in [0, 0.05) is 30.2 Å². The molecule has 4 N–H and O–H groups in total. The van der Waals surface area contributed by atoms with Crippen LogP contribution >= 0.6 is 22.9 Å². The first-order valence-corrected chi connectivity index (χ1v) is 13.5. The minimum atomic E-state index is -4.09. The highest BCUT2D eigenvalue weighted by atomic mass is 35.5. The van der Waals surface area contributed by atoms with E-state index in [1.54, 1.807) is 12.1 Å². The van der Waals surface area contributed by atoms with Crippen LogP contribution in [-0.2, 0) is 10.0 Å². The summed E-state index contributed by atoms with van der Waals surface area (Å²) >= 11 is 6.57. The summed E-state index contributed by atoms with van der Waals surface area (Å²) in [5.41, 5.74) is 0.492. The van der Waals surface area contributed by atoms with Crippen LogP contribution in [0.4, 0.5) is 16.2 Å². The Labute approximate surface area is 221 Å². The number of aromatic hydroxyl groups is 1. The zero-order valence-corrected chi connectivity index (χ0v) is 22.1. The number of carbonyl (C=O) groups excluding carboxylic acids is 1. The Hall–Kier alpha value is -3.65. The number of halogens is 1. The quantitative estimate of drug-likeness (QED) is 0.256. The summed E-state index contributed by atoms with van der Waals surface area (Å²) in [6, 6.07) is 11.2. The molecule has 0 fully saturated rings. The number of carbonyl (C=O) groups is 1. The number of hydrogen-bond acceptors (Lipinski definition) is 9. The zero-order valence-electron chi connectivity index (χ0n) is 19.7. The number of urea groups is 1. The van der Waals surface area contributed by atoms with E-state index >= 15 is 0 Å². The second-order valence-corrected chi connectivity index (χ2v) is 11.8. The number of amides is 2. The summed E-state index contributed by atoms with van der Waals surface area (Å²) in [6.07, 6.45) is 1.23. The third-order valence-electron chi connectivity index (χ3n) is 5.17. The number of anilines is 2. The Kier molecular flexibility index (Phi) is 7.68. The molecule has 0 unspecified atom stereocenters. The summed E-state index contributed by atoms with van der Waals surface area (Å²) in [4.78, 5) is 31.2. The molecule has 0 saturated carbocycles. The van der Waals surface area contributed by atoms with E-state index in [1.807, 2.05) is 29.8 Å². The van der Waals surface area contributed by atoms with Crippen LogP contribution in [0, 0.1) is 0 Å². The molecular weight excluding hydrogens is 540 g/mol. The summed E-state index contributed by atoms with van der Waals surface area (Å²) in [6.45, 7) is 1.56. The zero-order chi connectivity index (χ0) is 26.7. The molecule has 1 aromatic carbocycles. The number of sulfonamides is 1. The van der Waals surface area contributed by atoms with Crippen molar-refractivity contribution in [3.63, 3.8) is 0 Å². The topological polar surface area (TPSA) is 146 Å². The molecular formula is C23H23ClN6O5S2. The van der Waals surface area contributed by atoms with Crippen molar-refractivity contribution in [3.05, 3.63) is 69.4 Å². The van der Waals surface area contributed by atoms with Crippen LogP contribution in [-0.4, -0.2) is 61.2 Å². The molecule has 0 saturated heterocycles. The molecule has 0 atom stereocenters. The number of thiophene rings is 1. The van der Waals surface area contributed by atoms with Crippen molar-refractivity contribution in [2.45, 2.75) is 4.21 Å². The Morgan fingerprint density at radius 1 is 1.14 bits per heavy atom. The largest absolute Gasteiger partial charge is 0.494 e. The van der Waals surface area contributed by atoms with Crippen LogP contribution in [0.1, 0.15) is 0 Å². The van der Waals surface area contributed by atoms with E-state index in [2.05, 4.69) is 15.6 Å². The van der Waals surface area contributed by atoms with E-state index < -0.39 is 21.6 Å². The molecule has 3 aromatic heterocycles. The van der Waals surface area contributed by atoms with Crippen LogP contribution in [0.2, 0.25) is 4.34 Å². The SMILES string of the molecule is CN(C)CCNc1ccc2c(O)n(-c3ccc(NC(=O)NS(=O)(=O)c4ccc(Cl)s4)cn3)c(=O)cc2c1. The molecule has 0 bridgehead atoms. The van der Waals surface area contributed by atoms with Crippen LogP contribution in [0.15, 0.2) is 63.7 Å². The van der Waals surface area contributed by atoms with Gasteiger partial charge in [0.25, 0.3) is 15.6 Å². The molecule has 0 aliphatic carbocycles. The highest BCUT2D eigenvalue weighted by molar-refractivity contribution is 7.92. The predicted octanol–water partition coefficient (Wildman–Crippen LogP) is 3.29. The molecule has 194 valence electrons. The number of rotatable bonds is 8. The van der Waals surface area contributed by atoms with Gasteiger partial charge in [-0.3, -0.25) is 4.79 Å². The molecule has 0 radical (unpaired) electrons. The van der Waals surface area contributed by atoms with Crippen molar-refractivity contribution in [2.75, 3.05) is 37.8 Å². The number of fused-ring (bicyclic) bond motifs is 1. The van der Waals surface area contributed by atoms with Crippen LogP contribution in [0.25, 0.3) is 16.6 Å². The lowest BCUT2D eigenvalue weighted by Crippen LogP contribution is -2.34. The molecule has 0 aliphatic heterocycles. The minimum Gasteiger partial charge on any atom is -0.494 e. The standard InChI is InChI=1S/C23H23ClN6O5S2/c1-29(2)10-9-25-15-3-5-17-14(11-15)12-20(31)30(22(17)32)19-7-4-16(13-26-19)27-23(33)28-37(34,35)21-8-6-18(24)36-21/h3-8,11-13,25,32H,9-10H2,1-2H3,(H2,27,28,33). The molecule has 3 heterocycles. The maximum absolute atomic E-state index is 12.8. The number of pyridine rings is 2. The second-order valence-electron chi connectivity index (χ2n) is 8.20. The van der Waals surface area contributed by atoms with Gasteiger partial charge in [0.1, 0.15) is 10.0 Å². The lowest BCUT2D eigenvalue weighted by atomic mass is 10.1. The van der Waals surface area contributed by atoms with E-state index in [1.165, 1.54) is 36.5 Å². The maximum Gasteiger partial charge on any atom is 0.333 e. The normalized spacial score (nSPS) is 11.6. The fourth-order valence-corrected chi connectivity index (χ4v) is 5.82. The third kappa shape index (κ3) is 6.20. The Balaban J connectivity index is 1.50. The van der Waals surface area contributed by atoms with E-state index in [0.717, 1.165) is 34.7 Å². The summed E-state index contributed by atoms with van der Waals surface area (Å²) in [7, 11) is -0.140. The second kappa shape index (κ2) is 10.8. The number of hydrogen-bond donors (Lipinski definition) is 4. The predicted molar refractivity (Wildman–Crippen MR) is 145 cm³/mol. The minimum absolute atomic E-state index is 0.108. The third-order valence-corrected chi connectivity index (χ3v) is 8.22. The molecule has 0 aliphatic rings. The van der Waals surface area contributed by atoms with Crippen LogP contribution < -0.4 is 20.9 Å². The lowest BCUT2D eigenvalue weighted by molar-refractivity contribution is 0.256.